The van der Waals surface area contributed by atoms with Gasteiger partial charge in [-0.15, -0.1) is 0 Å². The number of carbonyl (C=O) groups excluding carboxylic acids is 3. The van der Waals surface area contributed by atoms with E-state index in [-0.39, 0.29) is 18.8 Å². The summed E-state index contributed by atoms with van der Waals surface area (Å²) in [5, 5.41) is 24.9. The summed E-state index contributed by atoms with van der Waals surface area (Å²) in [6, 6.07) is 5.43. The van der Waals surface area contributed by atoms with Gasteiger partial charge in [-0.1, -0.05) is 44.2 Å². The summed E-state index contributed by atoms with van der Waals surface area (Å²) in [6.45, 7) is 2.81. The number of benzene rings is 1. The van der Waals surface area contributed by atoms with Gasteiger partial charge in [-0.05, 0) is 17.9 Å². The highest BCUT2D eigenvalue weighted by Crippen LogP contribution is 2.07. The van der Waals surface area contributed by atoms with Crippen LogP contribution in [0.1, 0.15) is 32.3 Å². The van der Waals surface area contributed by atoms with Crippen molar-refractivity contribution >= 4 is 29.7 Å². The molecule has 0 saturated carbocycles. The molecule has 0 aliphatic heterocycles. The molecule has 11 heteroatoms. The van der Waals surface area contributed by atoms with Crippen LogP contribution in [0.4, 0.5) is 0 Å². The number of rotatable bonds is 13. The highest BCUT2D eigenvalue weighted by atomic mass is 16.4. The minimum atomic E-state index is -1.25. The maximum Gasteiger partial charge on any atom is 0.322 e. The molecule has 3 atom stereocenters. The zero-order chi connectivity index (χ0) is 24.3. The van der Waals surface area contributed by atoms with Crippen molar-refractivity contribution in [3.05, 3.63) is 35.9 Å². The molecule has 0 aliphatic rings. The third-order valence-corrected chi connectivity index (χ3v) is 4.63. The number of carboxylic acid groups (broad SMARTS) is 2. The summed E-state index contributed by atoms with van der Waals surface area (Å²) >= 11 is 0. The van der Waals surface area contributed by atoms with E-state index in [0.29, 0.717) is 5.56 Å². The number of nitrogens with two attached hydrogens (primary N) is 1. The summed E-state index contributed by atoms with van der Waals surface area (Å²) in [5.41, 5.74) is 6.51. The molecular weight excluding hydrogens is 420 g/mol. The molecule has 0 aliphatic carbocycles. The number of hydrogen-bond acceptors (Lipinski definition) is 6. The Morgan fingerprint density at radius 3 is 2.00 bits per heavy atom. The lowest BCUT2D eigenvalue weighted by atomic mass is 10.0. The molecule has 0 saturated heterocycles. The predicted octanol–water partition coefficient (Wildman–Crippen LogP) is -0.752. The minimum absolute atomic E-state index is 0.0587. The van der Waals surface area contributed by atoms with E-state index >= 15 is 0 Å². The van der Waals surface area contributed by atoms with Crippen LogP contribution >= 0.6 is 0 Å². The number of carbonyl (C=O) groups is 5. The summed E-state index contributed by atoms with van der Waals surface area (Å²) in [7, 11) is 0. The van der Waals surface area contributed by atoms with Crippen molar-refractivity contribution in [3.63, 3.8) is 0 Å². The van der Waals surface area contributed by atoms with Gasteiger partial charge in [0.05, 0.1) is 6.04 Å². The fourth-order valence-electron chi connectivity index (χ4n) is 2.72. The average molecular weight is 450 g/mol. The Morgan fingerprint density at radius 2 is 1.47 bits per heavy atom. The fraction of sp³-hybridized carbons (Fsp3) is 0.476. The first-order valence-corrected chi connectivity index (χ1v) is 10.1. The largest absolute Gasteiger partial charge is 0.481 e. The van der Waals surface area contributed by atoms with Crippen LogP contribution in [-0.4, -0.2) is 64.5 Å². The first kappa shape index (κ1) is 26.6. The standard InChI is InChI=1S/C21H30N4O7/c1-12(2)18(22)21(32)24-14(8-9-16(26)27)20(31)25-15(19(30)23-11-17(28)29)10-13-6-4-3-5-7-13/h3-7,12,14-15,18H,8-11,22H2,1-2H3,(H,23,30)(H,24,32)(H,25,31)(H,26,27)(H,28,29). The third-order valence-electron chi connectivity index (χ3n) is 4.63. The lowest BCUT2D eigenvalue weighted by Gasteiger charge is -2.24. The second-order valence-electron chi connectivity index (χ2n) is 7.63. The van der Waals surface area contributed by atoms with Crippen LogP contribution < -0.4 is 21.7 Å². The summed E-state index contributed by atoms with van der Waals surface area (Å²) in [6.07, 6.45) is -0.556. The Bertz CT molecular complexity index is 814. The molecular formula is C21H30N4O7. The van der Waals surface area contributed by atoms with Crippen molar-refractivity contribution in [2.24, 2.45) is 11.7 Å². The molecule has 0 spiro atoms. The van der Waals surface area contributed by atoms with Crippen molar-refractivity contribution < 1.29 is 34.2 Å². The number of hydrogen-bond donors (Lipinski definition) is 6. The topological polar surface area (TPSA) is 188 Å². The molecule has 0 fully saturated rings. The van der Waals surface area contributed by atoms with Crippen LogP contribution in [0.2, 0.25) is 0 Å². The lowest BCUT2D eigenvalue weighted by molar-refractivity contribution is -0.138. The quantitative estimate of drug-likeness (QED) is 0.226. The molecule has 1 aromatic carbocycles. The van der Waals surface area contributed by atoms with Gasteiger partial charge in [-0.2, -0.15) is 0 Å². The molecule has 32 heavy (non-hydrogen) atoms. The predicted molar refractivity (Wildman–Crippen MR) is 114 cm³/mol. The maximum absolute atomic E-state index is 12.9. The number of amides is 3. The van der Waals surface area contributed by atoms with E-state index in [1.807, 2.05) is 0 Å². The molecule has 3 amide bonds. The average Bonchev–Trinajstić information content (AvgIpc) is 2.73. The molecule has 0 heterocycles. The number of aliphatic carboxylic acids is 2. The summed E-state index contributed by atoms with van der Waals surface area (Å²) in [5.74, 6) is -4.76. The molecule has 0 bridgehead atoms. The molecule has 11 nitrogen and oxygen atoms in total. The molecule has 176 valence electrons. The van der Waals surface area contributed by atoms with E-state index in [1.165, 1.54) is 0 Å². The molecule has 0 radical (unpaired) electrons. The van der Waals surface area contributed by atoms with Gasteiger partial charge in [0.1, 0.15) is 18.6 Å². The fourth-order valence-corrected chi connectivity index (χ4v) is 2.72. The molecule has 3 unspecified atom stereocenters. The van der Waals surface area contributed by atoms with E-state index in [0.717, 1.165) is 0 Å². The highest BCUT2D eigenvalue weighted by molar-refractivity contribution is 5.94. The molecule has 1 aromatic rings. The van der Waals surface area contributed by atoms with Gasteiger partial charge in [0, 0.05) is 12.8 Å². The monoisotopic (exact) mass is 450 g/mol. The van der Waals surface area contributed by atoms with Crippen LogP contribution in [-0.2, 0) is 30.4 Å². The van der Waals surface area contributed by atoms with Crippen LogP contribution in [0.25, 0.3) is 0 Å². The van der Waals surface area contributed by atoms with Crippen molar-refractivity contribution in [2.45, 2.75) is 51.2 Å². The Morgan fingerprint density at radius 1 is 0.875 bits per heavy atom. The molecule has 7 N–H and O–H groups in total. The van der Waals surface area contributed by atoms with Gasteiger partial charge in [0.15, 0.2) is 0 Å². The van der Waals surface area contributed by atoms with E-state index in [4.69, 9.17) is 15.9 Å². The van der Waals surface area contributed by atoms with Crippen LogP contribution in [0.15, 0.2) is 30.3 Å². The van der Waals surface area contributed by atoms with Crippen LogP contribution in [0, 0.1) is 5.92 Å². The van der Waals surface area contributed by atoms with Crippen molar-refractivity contribution in [1.82, 2.24) is 16.0 Å². The van der Waals surface area contributed by atoms with Crippen molar-refractivity contribution in [1.29, 1.82) is 0 Å². The van der Waals surface area contributed by atoms with Gasteiger partial charge in [-0.3, -0.25) is 24.0 Å². The lowest BCUT2D eigenvalue weighted by Crippen LogP contribution is -2.57. The first-order chi connectivity index (χ1) is 15.0. The van der Waals surface area contributed by atoms with Crippen LogP contribution in [0.3, 0.4) is 0 Å². The van der Waals surface area contributed by atoms with Crippen molar-refractivity contribution in [2.75, 3.05) is 6.54 Å². The van der Waals surface area contributed by atoms with E-state index in [2.05, 4.69) is 16.0 Å². The molecule has 0 aromatic heterocycles. The second-order valence-corrected chi connectivity index (χ2v) is 7.63. The zero-order valence-electron chi connectivity index (χ0n) is 18.0. The van der Waals surface area contributed by atoms with Crippen molar-refractivity contribution in [3.8, 4) is 0 Å². The van der Waals surface area contributed by atoms with Gasteiger partial charge in [-0.25, -0.2) is 0 Å². The SMILES string of the molecule is CC(C)C(N)C(=O)NC(CCC(=O)O)C(=O)NC(Cc1ccccc1)C(=O)NCC(=O)O. The summed E-state index contributed by atoms with van der Waals surface area (Å²) in [4.78, 5) is 59.5. The Labute approximate surface area is 185 Å². The van der Waals surface area contributed by atoms with Gasteiger partial charge >= 0.3 is 11.9 Å². The maximum atomic E-state index is 12.9. The second kappa shape index (κ2) is 13.1. The number of nitrogens with one attached hydrogen (secondary N) is 3. The molecule has 1 rings (SSSR count). The summed E-state index contributed by atoms with van der Waals surface area (Å²) < 4.78 is 0. The first-order valence-electron chi connectivity index (χ1n) is 10.1. The third kappa shape index (κ3) is 9.56. The van der Waals surface area contributed by atoms with E-state index < -0.39 is 60.8 Å². The van der Waals surface area contributed by atoms with Crippen LogP contribution in [0.5, 0.6) is 0 Å². The van der Waals surface area contributed by atoms with Gasteiger partial charge in [0.25, 0.3) is 0 Å². The van der Waals surface area contributed by atoms with Gasteiger partial charge in [0.2, 0.25) is 17.7 Å². The minimum Gasteiger partial charge on any atom is -0.481 e. The Kier molecular flexibility index (Phi) is 10.8. The zero-order valence-corrected chi connectivity index (χ0v) is 18.0. The highest BCUT2D eigenvalue weighted by Gasteiger charge is 2.29. The normalized spacial score (nSPS) is 13.5. The van der Waals surface area contributed by atoms with E-state index in [1.54, 1.807) is 44.2 Å². The van der Waals surface area contributed by atoms with Gasteiger partial charge < -0.3 is 31.9 Å². The van der Waals surface area contributed by atoms with E-state index in [9.17, 15) is 24.0 Å². The Hall–Kier alpha value is -3.47. The number of carboxylic acids is 2. The Balaban J connectivity index is 3.01. The smallest absolute Gasteiger partial charge is 0.322 e.